The smallest absolute Gasteiger partial charge is 0.251 e. The number of hydroxylamine groups is 1. The number of carbonyl (C=O) groups is 2. The Balaban J connectivity index is 1.89. The van der Waals surface area contributed by atoms with E-state index in [1.165, 1.54) is 7.11 Å². The summed E-state index contributed by atoms with van der Waals surface area (Å²) in [6.07, 6.45) is 3.14. The maximum absolute atomic E-state index is 12.6. The molecule has 2 amide bonds. The standard InChI is InChI=1S/C23H23ClN6O3/c1-33-30-21(25)14-7-8-16(13-28-23(32)15-4-2-6-18(24)10-15)19(11-14)29-20(22(26)31)17-5-3-9-27-12-17/h2-12,20,29H,13H2,1H3,(H2,25,30)(H2,26,31)(H,28,32). The van der Waals surface area contributed by atoms with Crippen LogP contribution >= 0.6 is 11.6 Å². The lowest BCUT2D eigenvalue weighted by atomic mass is 10.0. The number of rotatable bonds is 9. The van der Waals surface area contributed by atoms with Crippen LogP contribution in [0.2, 0.25) is 5.02 Å². The van der Waals surface area contributed by atoms with Crippen LogP contribution in [0.1, 0.15) is 33.1 Å². The van der Waals surface area contributed by atoms with E-state index in [0.717, 1.165) is 0 Å². The van der Waals surface area contributed by atoms with Crippen LogP contribution in [0.15, 0.2) is 67.0 Å². The minimum absolute atomic E-state index is 0.0204. The number of pyridine rings is 1. The van der Waals surface area contributed by atoms with Gasteiger partial charge in [0.2, 0.25) is 5.91 Å². The van der Waals surface area contributed by atoms with Gasteiger partial charge in [-0.2, -0.15) is 0 Å². The van der Waals surface area contributed by atoms with Crippen molar-refractivity contribution in [3.05, 3.63) is 94.3 Å². The number of anilines is 1. The van der Waals surface area contributed by atoms with Gasteiger partial charge in [0.05, 0.1) is 7.11 Å². The van der Waals surface area contributed by atoms with Gasteiger partial charge in [-0.05, 0) is 35.9 Å². The molecule has 0 saturated carbocycles. The number of nitrogens with one attached hydrogen (secondary N) is 4. The molecule has 3 rings (SSSR count). The molecule has 0 bridgehead atoms. The molecule has 0 aliphatic carbocycles. The lowest BCUT2D eigenvalue weighted by Gasteiger charge is -2.21. The first kappa shape index (κ1) is 23.7. The Morgan fingerprint density at radius 3 is 2.64 bits per heavy atom. The normalized spacial score (nSPS) is 11.3. The summed E-state index contributed by atoms with van der Waals surface area (Å²) in [6, 6.07) is 14.3. The second kappa shape index (κ2) is 11.1. The Morgan fingerprint density at radius 1 is 1.15 bits per heavy atom. The average molecular weight is 467 g/mol. The summed E-state index contributed by atoms with van der Waals surface area (Å²) in [5.41, 5.74) is 10.8. The zero-order valence-electron chi connectivity index (χ0n) is 17.8. The molecule has 33 heavy (non-hydrogen) atoms. The van der Waals surface area contributed by atoms with Gasteiger partial charge in [-0.1, -0.05) is 35.9 Å². The van der Waals surface area contributed by atoms with Gasteiger partial charge in [0, 0.05) is 46.3 Å². The maximum Gasteiger partial charge on any atom is 0.251 e. The van der Waals surface area contributed by atoms with Gasteiger partial charge in [0.25, 0.3) is 5.91 Å². The highest BCUT2D eigenvalue weighted by Gasteiger charge is 2.20. The summed E-state index contributed by atoms with van der Waals surface area (Å²) < 4.78 is 0. The predicted octanol–water partition coefficient (Wildman–Crippen LogP) is 2.78. The first-order valence-corrected chi connectivity index (χ1v) is 10.3. The fourth-order valence-corrected chi connectivity index (χ4v) is 3.30. The van der Waals surface area contributed by atoms with Crippen molar-refractivity contribution >= 4 is 34.9 Å². The molecule has 0 fully saturated rings. The minimum atomic E-state index is -0.874. The molecule has 170 valence electrons. The number of benzene rings is 2. The van der Waals surface area contributed by atoms with E-state index in [9.17, 15) is 9.59 Å². The first-order chi connectivity index (χ1) is 15.9. The number of nitrogens with zero attached hydrogens (tertiary/aromatic N) is 1. The van der Waals surface area contributed by atoms with Crippen molar-refractivity contribution < 1.29 is 14.4 Å². The largest absolute Gasteiger partial charge is 0.370 e. The van der Waals surface area contributed by atoms with E-state index < -0.39 is 11.9 Å². The Bertz CT molecular complexity index is 1160. The molecule has 2 aromatic carbocycles. The van der Waals surface area contributed by atoms with E-state index in [-0.39, 0.29) is 18.3 Å². The Hall–Kier alpha value is -3.95. The van der Waals surface area contributed by atoms with Gasteiger partial charge in [-0.15, -0.1) is 0 Å². The monoisotopic (exact) mass is 466 g/mol. The van der Waals surface area contributed by atoms with Crippen LogP contribution < -0.4 is 21.8 Å². The van der Waals surface area contributed by atoms with Crippen molar-refractivity contribution in [2.24, 2.45) is 5.73 Å². The zero-order valence-corrected chi connectivity index (χ0v) is 18.5. The Labute approximate surface area is 195 Å². The van der Waals surface area contributed by atoms with Crippen LogP contribution in [0.5, 0.6) is 0 Å². The molecule has 6 N–H and O–H groups in total. The fraction of sp³-hybridized carbons (Fsp3) is 0.130. The highest BCUT2D eigenvalue weighted by Crippen LogP contribution is 2.24. The van der Waals surface area contributed by atoms with Crippen LogP contribution in [0.25, 0.3) is 0 Å². The summed E-state index contributed by atoms with van der Waals surface area (Å²) in [7, 11) is 1.40. The van der Waals surface area contributed by atoms with Gasteiger partial charge >= 0.3 is 0 Å². The Morgan fingerprint density at radius 2 is 1.97 bits per heavy atom. The molecule has 1 heterocycles. The number of aromatic nitrogens is 1. The summed E-state index contributed by atoms with van der Waals surface area (Å²) in [5.74, 6) is -0.889. The van der Waals surface area contributed by atoms with Crippen LogP contribution in [0, 0.1) is 5.41 Å². The van der Waals surface area contributed by atoms with E-state index in [0.29, 0.717) is 33.0 Å². The highest BCUT2D eigenvalue weighted by atomic mass is 35.5. The molecule has 0 saturated heterocycles. The topological polar surface area (TPSA) is 142 Å². The first-order valence-electron chi connectivity index (χ1n) is 9.89. The third kappa shape index (κ3) is 6.28. The van der Waals surface area contributed by atoms with Crippen molar-refractivity contribution in [2.75, 3.05) is 12.4 Å². The molecule has 0 aliphatic heterocycles. The quantitative estimate of drug-likeness (QED) is 0.186. The van der Waals surface area contributed by atoms with E-state index in [1.54, 1.807) is 67.0 Å². The van der Waals surface area contributed by atoms with Crippen LogP contribution in [0.3, 0.4) is 0 Å². The zero-order chi connectivity index (χ0) is 23.8. The molecule has 1 unspecified atom stereocenters. The highest BCUT2D eigenvalue weighted by molar-refractivity contribution is 6.30. The molecule has 9 nitrogen and oxygen atoms in total. The average Bonchev–Trinajstić information content (AvgIpc) is 2.81. The van der Waals surface area contributed by atoms with E-state index in [2.05, 4.69) is 21.1 Å². The number of hydrogen-bond donors (Lipinski definition) is 5. The number of amides is 2. The lowest BCUT2D eigenvalue weighted by molar-refractivity contribution is -0.118. The number of halogens is 1. The van der Waals surface area contributed by atoms with Gasteiger partial charge in [-0.3, -0.25) is 24.8 Å². The SMILES string of the molecule is CONC(=N)c1ccc(CNC(=O)c2cccc(Cl)c2)c(NC(C(N)=O)c2cccnc2)c1. The van der Waals surface area contributed by atoms with Crippen LogP contribution in [0.4, 0.5) is 5.69 Å². The van der Waals surface area contributed by atoms with E-state index >= 15 is 0 Å². The maximum atomic E-state index is 12.6. The van der Waals surface area contributed by atoms with Crippen molar-refractivity contribution in [1.29, 1.82) is 5.41 Å². The molecular weight excluding hydrogens is 444 g/mol. The van der Waals surface area contributed by atoms with Crippen LogP contribution in [-0.4, -0.2) is 29.7 Å². The van der Waals surface area contributed by atoms with Crippen molar-refractivity contribution in [1.82, 2.24) is 15.8 Å². The van der Waals surface area contributed by atoms with Gasteiger partial charge in [-0.25, -0.2) is 5.48 Å². The molecule has 0 radical (unpaired) electrons. The molecule has 1 atom stereocenters. The molecular formula is C23H23ClN6O3. The van der Waals surface area contributed by atoms with Gasteiger partial charge < -0.3 is 16.4 Å². The molecule has 10 heteroatoms. The predicted molar refractivity (Wildman–Crippen MR) is 126 cm³/mol. The van der Waals surface area contributed by atoms with Crippen molar-refractivity contribution in [3.63, 3.8) is 0 Å². The number of nitrogens with two attached hydrogens (primary N) is 1. The molecule has 0 spiro atoms. The fourth-order valence-electron chi connectivity index (χ4n) is 3.11. The van der Waals surface area contributed by atoms with E-state index in [1.807, 2.05) is 0 Å². The van der Waals surface area contributed by atoms with E-state index in [4.69, 9.17) is 27.6 Å². The van der Waals surface area contributed by atoms with Crippen molar-refractivity contribution in [3.8, 4) is 0 Å². The summed E-state index contributed by atoms with van der Waals surface area (Å²) in [5, 5.41) is 14.5. The summed E-state index contributed by atoms with van der Waals surface area (Å²) >= 11 is 5.97. The number of amidine groups is 1. The summed E-state index contributed by atoms with van der Waals surface area (Å²) in [4.78, 5) is 33.6. The molecule has 0 aliphatic rings. The number of carbonyl (C=O) groups excluding carboxylic acids is 2. The van der Waals surface area contributed by atoms with Crippen LogP contribution in [-0.2, 0) is 16.2 Å². The molecule has 1 aromatic heterocycles. The second-order valence-corrected chi connectivity index (χ2v) is 7.45. The third-order valence-electron chi connectivity index (χ3n) is 4.73. The summed E-state index contributed by atoms with van der Waals surface area (Å²) in [6.45, 7) is 0.150. The van der Waals surface area contributed by atoms with Gasteiger partial charge in [0.15, 0.2) is 0 Å². The minimum Gasteiger partial charge on any atom is -0.370 e. The number of primary amides is 1. The third-order valence-corrected chi connectivity index (χ3v) is 4.97. The Kier molecular flexibility index (Phi) is 7.96. The van der Waals surface area contributed by atoms with Crippen molar-refractivity contribution in [2.45, 2.75) is 12.6 Å². The van der Waals surface area contributed by atoms with Gasteiger partial charge in [0.1, 0.15) is 11.9 Å². The lowest BCUT2D eigenvalue weighted by Crippen LogP contribution is -2.29. The number of hydrogen-bond acceptors (Lipinski definition) is 6. The molecule has 3 aromatic rings. The second-order valence-electron chi connectivity index (χ2n) is 7.01.